The fourth-order valence-electron chi connectivity index (χ4n) is 2.30. The van der Waals surface area contributed by atoms with E-state index in [1.807, 2.05) is 32.6 Å². The molecule has 1 unspecified atom stereocenters. The van der Waals surface area contributed by atoms with Gasteiger partial charge in [0.25, 0.3) is 0 Å². The lowest BCUT2D eigenvalue weighted by Gasteiger charge is -2.35. The first-order valence-corrected chi connectivity index (χ1v) is 6.56. The third-order valence-corrected chi connectivity index (χ3v) is 3.14. The fourth-order valence-corrected chi connectivity index (χ4v) is 2.30. The summed E-state index contributed by atoms with van der Waals surface area (Å²) < 4.78 is 5.47. The number of ether oxygens (including phenoxy) is 1. The van der Waals surface area contributed by atoms with Crippen molar-refractivity contribution < 1.29 is 9.53 Å². The Morgan fingerprint density at radius 2 is 1.94 bits per heavy atom. The molecule has 0 heterocycles. The molecule has 0 aromatic carbocycles. The van der Waals surface area contributed by atoms with Crippen molar-refractivity contribution in [1.82, 2.24) is 4.90 Å². The van der Waals surface area contributed by atoms with Gasteiger partial charge < -0.3 is 15.4 Å². The van der Waals surface area contributed by atoms with Gasteiger partial charge in [0.15, 0.2) is 0 Å². The van der Waals surface area contributed by atoms with Crippen LogP contribution in [0.3, 0.4) is 0 Å². The zero-order valence-corrected chi connectivity index (χ0v) is 11.5. The van der Waals surface area contributed by atoms with Crippen LogP contribution in [0.2, 0.25) is 0 Å². The van der Waals surface area contributed by atoms with Crippen molar-refractivity contribution in [2.75, 3.05) is 6.54 Å². The van der Waals surface area contributed by atoms with Gasteiger partial charge in [-0.3, -0.25) is 0 Å². The molecule has 1 aliphatic rings. The van der Waals surface area contributed by atoms with Crippen LogP contribution in [0.25, 0.3) is 0 Å². The van der Waals surface area contributed by atoms with Crippen LogP contribution >= 0.6 is 0 Å². The molecular formula is C13H26N2O2. The summed E-state index contributed by atoms with van der Waals surface area (Å²) in [6.45, 7) is 8.15. The first-order valence-electron chi connectivity index (χ1n) is 6.56. The molecule has 1 rings (SSSR count). The summed E-state index contributed by atoms with van der Waals surface area (Å²) in [4.78, 5) is 14.0. The van der Waals surface area contributed by atoms with Crippen molar-refractivity contribution in [3.05, 3.63) is 0 Å². The van der Waals surface area contributed by atoms with Gasteiger partial charge in [0.1, 0.15) is 5.60 Å². The van der Waals surface area contributed by atoms with E-state index in [9.17, 15) is 4.79 Å². The van der Waals surface area contributed by atoms with Crippen molar-refractivity contribution in [1.29, 1.82) is 0 Å². The smallest absolute Gasteiger partial charge is 0.410 e. The molecule has 0 bridgehead atoms. The van der Waals surface area contributed by atoms with Gasteiger partial charge in [0, 0.05) is 18.6 Å². The Balaban J connectivity index is 2.71. The highest BCUT2D eigenvalue weighted by Gasteiger charge is 2.32. The lowest BCUT2D eigenvalue weighted by molar-refractivity contribution is 0.00817. The van der Waals surface area contributed by atoms with Crippen LogP contribution < -0.4 is 5.73 Å². The van der Waals surface area contributed by atoms with E-state index in [0.29, 0.717) is 12.6 Å². The molecule has 1 amide bonds. The molecule has 4 heteroatoms. The van der Waals surface area contributed by atoms with E-state index in [0.717, 1.165) is 12.8 Å². The van der Waals surface area contributed by atoms with Gasteiger partial charge >= 0.3 is 6.09 Å². The second-order valence-corrected chi connectivity index (χ2v) is 5.91. The molecule has 0 spiro atoms. The van der Waals surface area contributed by atoms with Gasteiger partial charge in [-0.1, -0.05) is 12.8 Å². The van der Waals surface area contributed by atoms with E-state index >= 15 is 0 Å². The monoisotopic (exact) mass is 242 g/mol. The predicted molar refractivity (Wildman–Crippen MR) is 68.8 cm³/mol. The Morgan fingerprint density at radius 1 is 1.41 bits per heavy atom. The molecule has 0 aromatic rings. The van der Waals surface area contributed by atoms with Gasteiger partial charge in [0.2, 0.25) is 0 Å². The Kier molecular flexibility index (Phi) is 4.80. The zero-order valence-electron chi connectivity index (χ0n) is 11.5. The van der Waals surface area contributed by atoms with Gasteiger partial charge in [-0.25, -0.2) is 4.79 Å². The van der Waals surface area contributed by atoms with Gasteiger partial charge in [-0.2, -0.15) is 0 Å². The second kappa shape index (κ2) is 5.71. The van der Waals surface area contributed by atoms with E-state index in [1.165, 1.54) is 12.8 Å². The highest BCUT2D eigenvalue weighted by Crippen LogP contribution is 2.26. The maximum absolute atomic E-state index is 12.2. The van der Waals surface area contributed by atoms with E-state index in [1.54, 1.807) is 0 Å². The second-order valence-electron chi connectivity index (χ2n) is 5.91. The van der Waals surface area contributed by atoms with Gasteiger partial charge in [0.05, 0.1) is 0 Å². The highest BCUT2D eigenvalue weighted by atomic mass is 16.6. The molecule has 4 nitrogen and oxygen atoms in total. The Hall–Kier alpha value is -0.770. The van der Waals surface area contributed by atoms with E-state index in [2.05, 4.69) is 0 Å². The number of nitrogens with zero attached hydrogens (tertiary/aromatic N) is 1. The summed E-state index contributed by atoms with van der Waals surface area (Å²) in [5.41, 5.74) is 5.25. The summed E-state index contributed by atoms with van der Waals surface area (Å²) >= 11 is 0. The summed E-state index contributed by atoms with van der Waals surface area (Å²) in [5.74, 6) is 0. The van der Waals surface area contributed by atoms with E-state index in [-0.39, 0.29) is 12.1 Å². The minimum Gasteiger partial charge on any atom is -0.444 e. The number of nitrogens with two attached hydrogens (primary N) is 1. The lowest BCUT2D eigenvalue weighted by atomic mass is 10.1. The topological polar surface area (TPSA) is 55.6 Å². The quantitative estimate of drug-likeness (QED) is 0.827. The van der Waals surface area contributed by atoms with Crippen LogP contribution in [-0.2, 0) is 4.74 Å². The number of hydrogen-bond donors (Lipinski definition) is 1. The summed E-state index contributed by atoms with van der Waals surface area (Å²) in [7, 11) is 0. The SMILES string of the molecule is CC(CN)N(C(=O)OC(C)(C)C)C1CCCC1. The highest BCUT2D eigenvalue weighted by molar-refractivity contribution is 5.69. The van der Waals surface area contributed by atoms with Crippen molar-refractivity contribution in [3.8, 4) is 0 Å². The van der Waals surface area contributed by atoms with Crippen molar-refractivity contribution in [2.45, 2.75) is 71.1 Å². The minimum atomic E-state index is -0.442. The number of amides is 1. The van der Waals surface area contributed by atoms with Crippen molar-refractivity contribution >= 4 is 6.09 Å². The van der Waals surface area contributed by atoms with Gasteiger partial charge in [-0.15, -0.1) is 0 Å². The molecule has 1 aliphatic carbocycles. The summed E-state index contributed by atoms with van der Waals surface area (Å²) in [5, 5.41) is 0. The molecule has 0 saturated heterocycles. The third kappa shape index (κ3) is 4.19. The molecule has 1 saturated carbocycles. The largest absolute Gasteiger partial charge is 0.444 e. The van der Waals surface area contributed by atoms with Crippen LogP contribution in [0.15, 0.2) is 0 Å². The van der Waals surface area contributed by atoms with Crippen LogP contribution in [0.1, 0.15) is 53.4 Å². The van der Waals surface area contributed by atoms with E-state index in [4.69, 9.17) is 10.5 Å². The van der Waals surface area contributed by atoms with Gasteiger partial charge in [-0.05, 0) is 40.5 Å². The third-order valence-electron chi connectivity index (χ3n) is 3.14. The number of carbonyl (C=O) groups excluding carboxylic acids is 1. The maximum Gasteiger partial charge on any atom is 0.410 e. The molecule has 1 atom stereocenters. The van der Waals surface area contributed by atoms with E-state index < -0.39 is 5.60 Å². The summed E-state index contributed by atoms with van der Waals surface area (Å²) in [6, 6.07) is 0.358. The molecular weight excluding hydrogens is 216 g/mol. The first kappa shape index (κ1) is 14.3. The molecule has 100 valence electrons. The lowest BCUT2D eigenvalue weighted by Crippen LogP contribution is -2.49. The van der Waals surface area contributed by atoms with Crippen molar-refractivity contribution in [3.63, 3.8) is 0 Å². The van der Waals surface area contributed by atoms with Crippen molar-refractivity contribution in [2.24, 2.45) is 5.73 Å². The molecule has 0 radical (unpaired) electrons. The normalized spacial score (nSPS) is 19.1. The minimum absolute atomic E-state index is 0.0490. The standard InChI is InChI=1S/C13H26N2O2/c1-10(9-14)15(11-7-5-6-8-11)12(16)17-13(2,3)4/h10-11H,5-9,14H2,1-4H3. The number of hydrogen-bond acceptors (Lipinski definition) is 3. The summed E-state index contributed by atoms with van der Waals surface area (Å²) in [6.07, 6.45) is 4.32. The Bertz CT molecular complexity index is 255. The van der Waals surface area contributed by atoms with Crippen LogP contribution in [0.4, 0.5) is 4.79 Å². The molecule has 0 aliphatic heterocycles. The molecule has 0 aromatic heterocycles. The molecule has 1 fully saturated rings. The molecule has 2 N–H and O–H groups in total. The van der Waals surface area contributed by atoms with Crippen LogP contribution in [0.5, 0.6) is 0 Å². The average molecular weight is 242 g/mol. The Labute approximate surface area is 104 Å². The zero-order chi connectivity index (χ0) is 13.1. The maximum atomic E-state index is 12.2. The fraction of sp³-hybridized carbons (Fsp3) is 0.923. The van der Waals surface area contributed by atoms with Crippen LogP contribution in [-0.4, -0.2) is 35.2 Å². The van der Waals surface area contributed by atoms with Crippen LogP contribution in [0, 0.1) is 0 Å². The first-order chi connectivity index (χ1) is 7.85. The number of carbonyl (C=O) groups is 1. The number of rotatable bonds is 3. The predicted octanol–water partition coefficient (Wildman–Crippen LogP) is 2.51. The Morgan fingerprint density at radius 3 is 2.35 bits per heavy atom. The average Bonchev–Trinajstić information content (AvgIpc) is 2.68. The molecule has 17 heavy (non-hydrogen) atoms.